The molecule has 0 aromatic heterocycles. The first-order chi connectivity index (χ1) is 14.5. The molecule has 1 amide bonds. The molecule has 6 nitrogen and oxygen atoms in total. The molecule has 1 aliphatic rings. The van der Waals surface area contributed by atoms with Gasteiger partial charge in [0, 0.05) is 25.8 Å². The Hall–Kier alpha value is -2.67. The van der Waals surface area contributed by atoms with Crippen LogP contribution in [-0.4, -0.2) is 23.9 Å². The Morgan fingerprint density at radius 1 is 1.10 bits per heavy atom. The Balaban J connectivity index is 1.43. The van der Waals surface area contributed by atoms with Gasteiger partial charge >= 0.3 is 0 Å². The van der Waals surface area contributed by atoms with Crippen LogP contribution in [0.3, 0.4) is 0 Å². The number of nitrogens with zero attached hydrogens (tertiary/aromatic N) is 1. The molecule has 0 radical (unpaired) electrons. The summed E-state index contributed by atoms with van der Waals surface area (Å²) >= 11 is 12.0. The van der Waals surface area contributed by atoms with Crippen molar-refractivity contribution in [3.63, 3.8) is 0 Å². The van der Waals surface area contributed by atoms with Crippen molar-refractivity contribution in [1.29, 1.82) is 0 Å². The molecule has 30 heavy (non-hydrogen) atoms. The number of amides is 1. The van der Waals surface area contributed by atoms with E-state index in [0.717, 1.165) is 23.4 Å². The van der Waals surface area contributed by atoms with Crippen molar-refractivity contribution in [1.82, 2.24) is 10.2 Å². The predicted molar refractivity (Wildman–Crippen MR) is 120 cm³/mol. The molecular weight excluding hydrogens is 423 g/mol. The van der Waals surface area contributed by atoms with E-state index in [4.69, 9.17) is 39.4 Å². The highest BCUT2D eigenvalue weighted by molar-refractivity contribution is 6.42. The van der Waals surface area contributed by atoms with Crippen LogP contribution in [0.4, 0.5) is 0 Å². The fourth-order valence-corrected chi connectivity index (χ4v) is 3.42. The van der Waals surface area contributed by atoms with E-state index in [2.05, 4.69) is 10.2 Å². The fraction of sp³-hybridized carbons (Fsp3) is 0.227. The molecule has 5 N–H and O–H groups in total. The first kappa shape index (κ1) is 22.0. The first-order valence-corrected chi connectivity index (χ1v) is 10.2. The van der Waals surface area contributed by atoms with E-state index in [1.807, 2.05) is 30.3 Å². The minimum Gasteiger partial charge on any atom is -0.489 e. The number of hydrogen-bond acceptors (Lipinski definition) is 5. The number of nitrogens with one attached hydrogen (secondary N) is 1. The highest BCUT2D eigenvalue weighted by Crippen LogP contribution is 2.24. The van der Waals surface area contributed by atoms with E-state index in [1.165, 1.54) is 12.4 Å². The number of halogens is 2. The van der Waals surface area contributed by atoms with Gasteiger partial charge in [-0.05, 0) is 47.7 Å². The van der Waals surface area contributed by atoms with Gasteiger partial charge in [-0.25, -0.2) is 0 Å². The number of nitrogens with two attached hydrogens (primary N) is 2. The van der Waals surface area contributed by atoms with Gasteiger partial charge in [0.05, 0.1) is 21.7 Å². The van der Waals surface area contributed by atoms with Gasteiger partial charge in [0.25, 0.3) is 0 Å². The molecule has 2 aromatic rings. The molecule has 0 aliphatic carbocycles. The number of carbonyl (C=O) groups excluding carboxylic acids is 1. The van der Waals surface area contributed by atoms with Crippen LogP contribution in [0.5, 0.6) is 5.75 Å². The molecule has 0 unspecified atom stereocenters. The van der Waals surface area contributed by atoms with E-state index >= 15 is 0 Å². The van der Waals surface area contributed by atoms with E-state index in [1.54, 1.807) is 18.2 Å². The van der Waals surface area contributed by atoms with Crippen molar-refractivity contribution in [2.24, 2.45) is 17.4 Å². The quantitative estimate of drug-likeness (QED) is 0.540. The molecule has 1 saturated heterocycles. The second kappa shape index (κ2) is 10.4. The van der Waals surface area contributed by atoms with Crippen molar-refractivity contribution in [2.45, 2.75) is 13.2 Å². The molecule has 3 rings (SSSR count). The number of likely N-dealkylation sites (tertiary alicyclic amines) is 1. The lowest BCUT2D eigenvalue weighted by atomic mass is 9.98. The van der Waals surface area contributed by atoms with Gasteiger partial charge in [-0.1, -0.05) is 41.4 Å². The average Bonchev–Trinajstić information content (AvgIpc) is 2.71. The average molecular weight is 447 g/mol. The lowest BCUT2D eigenvalue weighted by Gasteiger charge is -2.38. The Bertz CT molecular complexity index is 939. The topological polar surface area (TPSA) is 93.6 Å². The minimum atomic E-state index is -0.0556. The van der Waals surface area contributed by atoms with Gasteiger partial charge < -0.3 is 21.5 Å². The number of benzene rings is 2. The van der Waals surface area contributed by atoms with Gasteiger partial charge in [0.2, 0.25) is 5.91 Å². The summed E-state index contributed by atoms with van der Waals surface area (Å²) in [6, 6.07) is 13.4. The summed E-state index contributed by atoms with van der Waals surface area (Å²) in [6.45, 7) is 2.59. The smallest absolute Gasteiger partial charge is 0.230 e. The largest absolute Gasteiger partial charge is 0.489 e. The Morgan fingerprint density at radius 2 is 1.80 bits per heavy atom. The standard InChI is InChI=1S/C22H24Cl2N4O2/c23-20-6-3-16(9-21(20)24)14-30-19-4-1-15(2-5-19)11-28-12-17(13-28)22(29)27-18(10-26)7-8-25/h1-10,17H,11-14,25-26H2,(H,27,29)/b8-7-,18-10+. The van der Waals surface area contributed by atoms with Gasteiger partial charge in [-0.3, -0.25) is 9.69 Å². The number of allylic oxidation sites excluding steroid dienone is 1. The Kier molecular flexibility index (Phi) is 7.63. The first-order valence-electron chi connectivity index (χ1n) is 9.47. The second-order valence-corrected chi connectivity index (χ2v) is 7.86. The molecule has 8 heteroatoms. The molecule has 1 aliphatic heterocycles. The van der Waals surface area contributed by atoms with Gasteiger partial charge in [-0.2, -0.15) is 0 Å². The third-order valence-corrected chi connectivity index (χ3v) is 5.51. The van der Waals surface area contributed by atoms with Crippen LogP contribution >= 0.6 is 23.2 Å². The van der Waals surface area contributed by atoms with Crippen LogP contribution in [0, 0.1) is 5.92 Å². The van der Waals surface area contributed by atoms with Gasteiger partial charge in [0.15, 0.2) is 0 Å². The van der Waals surface area contributed by atoms with Crippen LogP contribution in [0.15, 0.2) is 66.6 Å². The van der Waals surface area contributed by atoms with E-state index in [9.17, 15) is 4.79 Å². The SMILES string of the molecule is N/C=C\C(=C/N)NC(=O)C1CN(Cc2ccc(OCc3ccc(Cl)c(Cl)c3)cc2)C1. The van der Waals surface area contributed by atoms with Crippen molar-refractivity contribution in [3.8, 4) is 5.75 Å². The zero-order chi connectivity index (χ0) is 21.5. The van der Waals surface area contributed by atoms with E-state index < -0.39 is 0 Å². The summed E-state index contributed by atoms with van der Waals surface area (Å²) in [5.41, 5.74) is 13.4. The summed E-state index contributed by atoms with van der Waals surface area (Å²) in [6.07, 6.45) is 4.21. The molecule has 0 bridgehead atoms. The number of rotatable bonds is 8. The van der Waals surface area contributed by atoms with Crippen molar-refractivity contribution < 1.29 is 9.53 Å². The molecule has 2 aromatic carbocycles. The van der Waals surface area contributed by atoms with Crippen LogP contribution in [0.2, 0.25) is 10.0 Å². The molecule has 1 heterocycles. The summed E-state index contributed by atoms with van der Waals surface area (Å²) in [4.78, 5) is 14.4. The molecule has 1 fully saturated rings. The minimum absolute atomic E-state index is 0.0490. The summed E-state index contributed by atoms with van der Waals surface area (Å²) in [7, 11) is 0. The van der Waals surface area contributed by atoms with Crippen LogP contribution < -0.4 is 21.5 Å². The van der Waals surface area contributed by atoms with Crippen LogP contribution in [-0.2, 0) is 17.9 Å². The Labute approximate surface area is 186 Å². The molecule has 0 saturated carbocycles. The molecule has 158 valence electrons. The van der Waals surface area contributed by atoms with Crippen LogP contribution in [0.25, 0.3) is 0 Å². The maximum Gasteiger partial charge on any atom is 0.230 e. The number of ether oxygens (including phenoxy) is 1. The third kappa shape index (κ3) is 5.92. The lowest BCUT2D eigenvalue weighted by Crippen LogP contribution is -2.52. The van der Waals surface area contributed by atoms with E-state index in [-0.39, 0.29) is 11.8 Å². The van der Waals surface area contributed by atoms with Crippen molar-refractivity contribution >= 4 is 29.1 Å². The monoisotopic (exact) mass is 446 g/mol. The van der Waals surface area contributed by atoms with Gasteiger partial charge in [-0.15, -0.1) is 0 Å². The molecule has 0 atom stereocenters. The molecule has 0 spiro atoms. The summed E-state index contributed by atoms with van der Waals surface area (Å²) in [5.74, 6) is 0.673. The maximum atomic E-state index is 12.2. The van der Waals surface area contributed by atoms with E-state index in [0.29, 0.717) is 35.4 Å². The molecular formula is C22H24Cl2N4O2. The van der Waals surface area contributed by atoms with Gasteiger partial charge in [0.1, 0.15) is 12.4 Å². The van der Waals surface area contributed by atoms with Crippen molar-refractivity contribution in [2.75, 3.05) is 13.1 Å². The third-order valence-electron chi connectivity index (χ3n) is 4.77. The Morgan fingerprint density at radius 3 is 2.43 bits per heavy atom. The maximum absolute atomic E-state index is 12.2. The second-order valence-electron chi connectivity index (χ2n) is 7.04. The highest BCUT2D eigenvalue weighted by atomic mass is 35.5. The predicted octanol–water partition coefficient (Wildman–Crippen LogP) is 3.39. The summed E-state index contributed by atoms with van der Waals surface area (Å²) < 4.78 is 5.80. The zero-order valence-corrected chi connectivity index (χ0v) is 17.9. The fourth-order valence-electron chi connectivity index (χ4n) is 3.10. The van der Waals surface area contributed by atoms with Crippen molar-refractivity contribution in [3.05, 3.63) is 87.8 Å². The number of hydrogen-bond donors (Lipinski definition) is 3. The normalized spacial score (nSPS) is 15.2. The highest BCUT2D eigenvalue weighted by Gasteiger charge is 2.32. The zero-order valence-electron chi connectivity index (χ0n) is 16.4. The number of carbonyl (C=O) groups is 1. The van der Waals surface area contributed by atoms with Crippen LogP contribution in [0.1, 0.15) is 11.1 Å². The summed E-state index contributed by atoms with van der Waals surface area (Å²) in [5, 5.41) is 3.81. The lowest BCUT2D eigenvalue weighted by molar-refractivity contribution is -0.129.